The van der Waals surface area contributed by atoms with E-state index in [0.29, 0.717) is 12.4 Å². The van der Waals surface area contributed by atoms with Crippen molar-refractivity contribution in [3.05, 3.63) is 35.9 Å². The van der Waals surface area contributed by atoms with Crippen LogP contribution in [-0.4, -0.2) is 32.1 Å². The van der Waals surface area contributed by atoms with Crippen LogP contribution in [0.25, 0.3) is 0 Å². The summed E-state index contributed by atoms with van der Waals surface area (Å²) in [5, 5.41) is 9.53. The predicted octanol–water partition coefficient (Wildman–Crippen LogP) is 0.869. The van der Waals surface area contributed by atoms with E-state index in [1.165, 1.54) is 0 Å². The van der Waals surface area contributed by atoms with Crippen LogP contribution < -0.4 is 16.2 Å². The zero-order chi connectivity index (χ0) is 15.5. The highest BCUT2D eigenvalue weighted by atomic mass is 16.2. The van der Waals surface area contributed by atoms with Gasteiger partial charge in [-0.1, -0.05) is 19.9 Å². The van der Waals surface area contributed by atoms with E-state index in [0.717, 1.165) is 11.5 Å². The van der Waals surface area contributed by atoms with Crippen molar-refractivity contribution < 1.29 is 4.79 Å². The SMILES string of the molecule is CC(C)c1nc(NC(=O)C2CC(c3ccccn3)NN2)n[nH]1. The molecule has 1 fully saturated rings. The summed E-state index contributed by atoms with van der Waals surface area (Å²) < 4.78 is 0. The smallest absolute Gasteiger partial charge is 0.248 e. The number of hydrogen-bond acceptors (Lipinski definition) is 6. The minimum absolute atomic E-state index is 0.00955. The Morgan fingerprint density at radius 2 is 2.23 bits per heavy atom. The topological polar surface area (TPSA) is 108 Å². The van der Waals surface area contributed by atoms with Crippen molar-refractivity contribution in [1.29, 1.82) is 0 Å². The number of hydrazine groups is 1. The van der Waals surface area contributed by atoms with Crippen LogP contribution in [0.15, 0.2) is 24.4 Å². The fourth-order valence-electron chi connectivity index (χ4n) is 2.29. The number of anilines is 1. The zero-order valence-corrected chi connectivity index (χ0v) is 12.5. The normalized spacial score (nSPS) is 21.2. The van der Waals surface area contributed by atoms with Crippen LogP contribution in [-0.2, 0) is 4.79 Å². The summed E-state index contributed by atoms with van der Waals surface area (Å²) in [5.41, 5.74) is 6.99. The number of rotatable bonds is 4. The first-order valence-electron chi connectivity index (χ1n) is 7.28. The quantitative estimate of drug-likeness (QED) is 0.667. The van der Waals surface area contributed by atoms with Crippen molar-refractivity contribution in [3.63, 3.8) is 0 Å². The van der Waals surface area contributed by atoms with E-state index >= 15 is 0 Å². The summed E-state index contributed by atoms with van der Waals surface area (Å²) in [5.74, 6) is 1.12. The third-order valence-corrected chi connectivity index (χ3v) is 3.55. The van der Waals surface area contributed by atoms with Gasteiger partial charge in [0.25, 0.3) is 0 Å². The third-order valence-electron chi connectivity index (χ3n) is 3.55. The second-order valence-corrected chi connectivity index (χ2v) is 5.57. The summed E-state index contributed by atoms with van der Waals surface area (Å²) in [6, 6.07) is 5.39. The van der Waals surface area contributed by atoms with Crippen molar-refractivity contribution in [2.45, 2.75) is 38.3 Å². The standard InChI is InChI=1S/C14H19N7O/c1-8(2)12-16-14(21-20-12)17-13(22)11-7-10(18-19-11)9-5-3-4-6-15-9/h3-6,8,10-11,18-19H,7H2,1-2H3,(H2,16,17,20,21,22). The highest BCUT2D eigenvalue weighted by Crippen LogP contribution is 2.20. The van der Waals surface area contributed by atoms with Crippen LogP contribution >= 0.6 is 0 Å². The molecule has 1 amide bonds. The van der Waals surface area contributed by atoms with Gasteiger partial charge in [-0.2, -0.15) is 4.98 Å². The summed E-state index contributed by atoms with van der Waals surface area (Å²) in [7, 11) is 0. The fraction of sp³-hybridized carbons (Fsp3) is 0.429. The number of aromatic nitrogens is 4. The van der Waals surface area contributed by atoms with Gasteiger partial charge in [0.15, 0.2) is 0 Å². The van der Waals surface area contributed by atoms with E-state index in [1.54, 1.807) is 6.20 Å². The molecule has 8 nitrogen and oxygen atoms in total. The number of aromatic amines is 1. The number of carbonyl (C=O) groups is 1. The van der Waals surface area contributed by atoms with Gasteiger partial charge in [0.05, 0.1) is 11.7 Å². The lowest BCUT2D eigenvalue weighted by molar-refractivity contribution is -0.117. The summed E-state index contributed by atoms with van der Waals surface area (Å²) in [6.45, 7) is 4.01. The molecule has 22 heavy (non-hydrogen) atoms. The first-order chi connectivity index (χ1) is 10.6. The van der Waals surface area contributed by atoms with Gasteiger partial charge >= 0.3 is 0 Å². The Morgan fingerprint density at radius 1 is 1.36 bits per heavy atom. The molecule has 116 valence electrons. The van der Waals surface area contributed by atoms with Crippen LogP contribution in [0, 0.1) is 0 Å². The lowest BCUT2D eigenvalue weighted by Gasteiger charge is -2.08. The maximum absolute atomic E-state index is 12.2. The van der Waals surface area contributed by atoms with Crippen molar-refractivity contribution in [2.75, 3.05) is 5.32 Å². The van der Waals surface area contributed by atoms with Crippen molar-refractivity contribution in [1.82, 2.24) is 31.0 Å². The molecule has 3 rings (SSSR count). The van der Waals surface area contributed by atoms with E-state index in [-0.39, 0.29) is 23.9 Å². The molecule has 1 aliphatic heterocycles. The van der Waals surface area contributed by atoms with Crippen molar-refractivity contribution >= 4 is 11.9 Å². The molecule has 0 radical (unpaired) electrons. The zero-order valence-electron chi connectivity index (χ0n) is 12.5. The van der Waals surface area contributed by atoms with Crippen LogP contribution in [0.2, 0.25) is 0 Å². The molecule has 0 aliphatic carbocycles. The van der Waals surface area contributed by atoms with Gasteiger partial charge in [0.1, 0.15) is 11.9 Å². The molecule has 2 unspecified atom stereocenters. The van der Waals surface area contributed by atoms with Crippen LogP contribution in [0.4, 0.5) is 5.95 Å². The molecule has 8 heteroatoms. The third kappa shape index (κ3) is 3.12. The molecular weight excluding hydrogens is 282 g/mol. The first kappa shape index (κ1) is 14.6. The van der Waals surface area contributed by atoms with E-state index in [1.807, 2.05) is 32.0 Å². The number of amides is 1. The average Bonchev–Trinajstić information content (AvgIpc) is 3.17. The van der Waals surface area contributed by atoms with E-state index < -0.39 is 0 Å². The van der Waals surface area contributed by atoms with Crippen molar-refractivity contribution in [2.24, 2.45) is 0 Å². The summed E-state index contributed by atoms with van der Waals surface area (Å²) in [4.78, 5) is 20.8. The molecule has 0 spiro atoms. The Hall–Kier alpha value is -2.32. The van der Waals surface area contributed by atoms with Gasteiger partial charge < -0.3 is 0 Å². The molecular formula is C14H19N7O. The highest BCUT2D eigenvalue weighted by molar-refractivity contribution is 5.93. The van der Waals surface area contributed by atoms with Crippen LogP contribution in [0.1, 0.15) is 43.7 Å². The maximum atomic E-state index is 12.2. The Kier molecular flexibility index (Phi) is 4.12. The van der Waals surface area contributed by atoms with E-state index in [9.17, 15) is 4.79 Å². The number of carbonyl (C=O) groups excluding carboxylic acids is 1. The van der Waals surface area contributed by atoms with Gasteiger partial charge in [0.2, 0.25) is 11.9 Å². The van der Waals surface area contributed by atoms with E-state index in [4.69, 9.17) is 0 Å². The lowest BCUT2D eigenvalue weighted by Crippen LogP contribution is -2.39. The molecule has 1 saturated heterocycles. The molecule has 2 aromatic rings. The minimum atomic E-state index is -0.354. The Bertz CT molecular complexity index is 640. The van der Waals surface area contributed by atoms with Crippen molar-refractivity contribution in [3.8, 4) is 0 Å². The van der Waals surface area contributed by atoms with Gasteiger partial charge in [-0.25, -0.2) is 10.9 Å². The first-order valence-corrected chi connectivity index (χ1v) is 7.28. The molecule has 2 aromatic heterocycles. The second-order valence-electron chi connectivity index (χ2n) is 5.57. The Balaban J connectivity index is 1.59. The molecule has 2 atom stereocenters. The molecule has 4 N–H and O–H groups in total. The van der Waals surface area contributed by atoms with Gasteiger partial charge in [-0.3, -0.25) is 20.2 Å². The van der Waals surface area contributed by atoms with Gasteiger partial charge in [-0.05, 0) is 18.6 Å². The number of nitrogens with one attached hydrogen (secondary N) is 4. The summed E-state index contributed by atoms with van der Waals surface area (Å²) in [6.07, 6.45) is 2.36. The lowest BCUT2D eigenvalue weighted by atomic mass is 10.1. The molecule has 0 saturated carbocycles. The molecule has 3 heterocycles. The van der Waals surface area contributed by atoms with Gasteiger partial charge in [0, 0.05) is 12.1 Å². The summed E-state index contributed by atoms with van der Waals surface area (Å²) >= 11 is 0. The molecule has 1 aliphatic rings. The van der Waals surface area contributed by atoms with E-state index in [2.05, 4.69) is 36.3 Å². The number of H-pyrrole nitrogens is 1. The Morgan fingerprint density at radius 3 is 2.91 bits per heavy atom. The molecule has 0 bridgehead atoms. The van der Waals surface area contributed by atoms with Crippen LogP contribution in [0.5, 0.6) is 0 Å². The predicted molar refractivity (Wildman–Crippen MR) is 80.8 cm³/mol. The Labute approximate surface area is 128 Å². The second kappa shape index (κ2) is 6.20. The average molecular weight is 301 g/mol. The maximum Gasteiger partial charge on any atom is 0.248 e. The van der Waals surface area contributed by atoms with Gasteiger partial charge in [-0.15, -0.1) is 5.10 Å². The largest absolute Gasteiger partial charge is 0.292 e. The highest BCUT2D eigenvalue weighted by Gasteiger charge is 2.31. The number of pyridine rings is 1. The van der Waals surface area contributed by atoms with Crippen LogP contribution in [0.3, 0.4) is 0 Å². The number of hydrogen-bond donors (Lipinski definition) is 4. The molecule has 0 aromatic carbocycles. The minimum Gasteiger partial charge on any atom is -0.292 e. The fourth-order valence-corrected chi connectivity index (χ4v) is 2.29. The number of nitrogens with zero attached hydrogens (tertiary/aromatic N) is 3. The monoisotopic (exact) mass is 301 g/mol.